The Morgan fingerprint density at radius 2 is 0.893 bits per heavy atom. The fraction of sp³-hybridized carbons (Fsp3) is 0. The van der Waals surface area contributed by atoms with Gasteiger partial charge in [0.15, 0.2) is 5.82 Å². The molecule has 2 aromatic heterocycles. The van der Waals surface area contributed by atoms with Crippen molar-refractivity contribution in [2.24, 2.45) is 0 Å². The molecule has 0 aliphatic heterocycles. The van der Waals surface area contributed by atoms with Crippen LogP contribution < -0.4 is 0 Å². The molecule has 9 aromatic carbocycles. The second kappa shape index (κ2) is 13.1. The van der Waals surface area contributed by atoms with Crippen molar-refractivity contribution in [3.8, 4) is 67.3 Å². The summed E-state index contributed by atoms with van der Waals surface area (Å²) < 4.78 is 0. The predicted molar refractivity (Wildman–Crippen MR) is 234 cm³/mol. The van der Waals surface area contributed by atoms with E-state index in [0.717, 1.165) is 44.8 Å². The fourth-order valence-electron chi connectivity index (χ4n) is 8.53. The van der Waals surface area contributed by atoms with Crippen molar-refractivity contribution < 1.29 is 0 Å². The van der Waals surface area contributed by atoms with Gasteiger partial charge in [0.05, 0.1) is 11.4 Å². The molecule has 11 aromatic rings. The molecular formula is C53H33N3. The Bertz CT molecular complexity index is 3240. The number of pyridine rings is 1. The number of hydrogen-bond donors (Lipinski definition) is 0. The highest BCUT2D eigenvalue weighted by molar-refractivity contribution is 6.28. The third-order valence-corrected chi connectivity index (χ3v) is 11.1. The third kappa shape index (κ3) is 5.32. The smallest absolute Gasteiger partial charge is 0.160 e. The van der Waals surface area contributed by atoms with Gasteiger partial charge in [-0.05, 0) is 89.1 Å². The maximum Gasteiger partial charge on any atom is 0.160 e. The maximum atomic E-state index is 5.28. The van der Waals surface area contributed by atoms with Crippen molar-refractivity contribution in [2.75, 3.05) is 0 Å². The number of aromatic nitrogens is 3. The number of hydrogen-bond acceptors (Lipinski definition) is 3. The van der Waals surface area contributed by atoms with Gasteiger partial charge in [-0.3, -0.25) is 4.98 Å². The van der Waals surface area contributed by atoms with Crippen LogP contribution in [0.2, 0.25) is 0 Å². The molecule has 0 atom stereocenters. The van der Waals surface area contributed by atoms with Gasteiger partial charge < -0.3 is 0 Å². The second-order valence-electron chi connectivity index (χ2n) is 14.4. The van der Waals surface area contributed by atoms with Gasteiger partial charge >= 0.3 is 0 Å². The molecule has 0 amide bonds. The molecule has 0 saturated carbocycles. The quantitative estimate of drug-likeness (QED) is 0.161. The molecule has 0 fully saturated rings. The highest BCUT2D eigenvalue weighted by atomic mass is 14.9. The zero-order valence-electron chi connectivity index (χ0n) is 30.4. The van der Waals surface area contributed by atoms with Crippen LogP contribution in [-0.2, 0) is 0 Å². The van der Waals surface area contributed by atoms with Crippen molar-refractivity contribution in [2.45, 2.75) is 0 Å². The molecule has 2 heterocycles. The lowest BCUT2D eigenvalue weighted by Crippen LogP contribution is -1.97. The number of fused-ring (bicyclic) bond motifs is 1. The minimum absolute atomic E-state index is 0.682. The lowest BCUT2D eigenvalue weighted by molar-refractivity contribution is 1.18. The average Bonchev–Trinajstić information content (AvgIpc) is 3.28. The van der Waals surface area contributed by atoms with Crippen LogP contribution >= 0.6 is 0 Å². The first kappa shape index (κ1) is 32.0. The Morgan fingerprint density at radius 3 is 1.71 bits per heavy atom. The largest absolute Gasteiger partial charge is 0.264 e. The minimum atomic E-state index is 0.682. The van der Waals surface area contributed by atoms with E-state index in [1.54, 1.807) is 6.20 Å². The molecule has 11 rings (SSSR count). The standard InChI is InChI=1S/C53H33N3/c1-2-12-35(13-3-1)49-32-50(46-20-7-6-19-42(46)40-17-10-30-54-33-40)56-53(55-49)39-16-8-15-38(31-39)43-26-22-36-25-29-48-45(27-23-37-24-28-47(43)51(36)52(37)48)44-21-9-14-34-11-4-5-18-41(34)44/h1-33H. The molecule has 0 spiro atoms. The normalized spacial score (nSPS) is 11.6. The van der Waals surface area contributed by atoms with E-state index in [9.17, 15) is 0 Å². The fourth-order valence-corrected chi connectivity index (χ4v) is 8.53. The molecule has 260 valence electrons. The van der Waals surface area contributed by atoms with E-state index in [1.165, 1.54) is 59.8 Å². The number of rotatable bonds is 6. The summed E-state index contributed by atoms with van der Waals surface area (Å²) in [5.41, 5.74) is 11.7. The highest BCUT2D eigenvalue weighted by Crippen LogP contribution is 2.44. The van der Waals surface area contributed by atoms with Crippen molar-refractivity contribution in [1.82, 2.24) is 15.0 Å². The maximum absolute atomic E-state index is 5.28. The van der Waals surface area contributed by atoms with E-state index in [4.69, 9.17) is 9.97 Å². The summed E-state index contributed by atoms with van der Waals surface area (Å²) in [6, 6.07) is 67.2. The van der Waals surface area contributed by atoms with Gasteiger partial charge in [-0.25, -0.2) is 9.97 Å². The van der Waals surface area contributed by atoms with Crippen molar-refractivity contribution in [3.05, 3.63) is 200 Å². The Hall–Kier alpha value is -7.49. The van der Waals surface area contributed by atoms with Crippen molar-refractivity contribution >= 4 is 43.1 Å². The molecular weight excluding hydrogens is 679 g/mol. The van der Waals surface area contributed by atoms with E-state index in [2.05, 4.69) is 181 Å². The lowest BCUT2D eigenvalue weighted by Gasteiger charge is -2.17. The van der Waals surface area contributed by atoms with Gasteiger partial charge in [0.2, 0.25) is 0 Å². The molecule has 0 aliphatic carbocycles. The van der Waals surface area contributed by atoms with E-state index in [1.807, 2.05) is 18.3 Å². The highest BCUT2D eigenvalue weighted by Gasteiger charge is 2.18. The Labute approximate surface area is 324 Å². The van der Waals surface area contributed by atoms with Gasteiger partial charge in [0.1, 0.15) is 0 Å². The zero-order chi connectivity index (χ0) is 37.0. The molecule has 0 aliphatic rings. The first-order valence-corrected chi connectivity index (χ1v) is 19.0. The number of benzene rings is 9. The molecule has 56 heavy (non-hydrogen) atoms. The Kier molecular flexibility index (Phi) is 7.49. The van der Waals surface area contributed by atoms with Gasteiger partial charge in [0, 0.05) is 34.6 Å². The third-order valence-electron chi connectivity index (χ3n) is 11.1. The Morgan fingerprint density at radius 1 is 0.304 bits per heavy atom. The summed E-state index contributed by atoms with van der Waals surface area (Å²) in [5, 5.41) is 10.1. The summed E-state index contributed by atoms with van der Waals surface area (Å²) in [4.78, 5) is 14.9. The summed E-state index contributed by atoms with van der Waals surface area (Å²) in [6.07, 6.45) is 3.71. The molecule has 0 unspecified atom stereocenters. The van der Waals surface area contributed by atoms with Gasteiger partial charge in [-0.2, -0.15) is 0 Å². The topological polar surface area (TPSA) is 38.7 Å². The van der Waals surface area contributed by atoms with Gasteiger partial charge in [-0.15, -0.1) is 0 Å². The summed E-state index contributed by atoms with van der Waals surface area (Å²) >= 11 is 0. The van der Waals surface area contributed by atoms with Crippen LogP contribution in [0.25, 0.3) is 110 Å². The van der Waals surface area contributed by atoms with Crippen LogP contribution in [0.3, 0.4) is 0 Å². The monoisotopic (exact) mass is 711 g/mol. The van der Waals surface area contributed by atoms with Crippen molar-refractivity contribution in [1.29, 1.82) is 0 Å². The van der Waals surface area contributed by atoms with Crippen LogP contribution in [0.5, 0.6) is 0 Å². The van der Waals surface area contributed by atoms with E-state index in [0.29, 0.717) is 5.82 Å². The van der Waals surface area contributed by atoms with Crippen LogP contribution in [-0.4, -0.2) is 15.0 Å². The summed E-state index contributed by atoms with van der Waals surface area (Å²) in [5.74, 6) is 0.682. The lowest BCUT2D eigenvalue weighted by atomic mass is 9.86. The SMILES string of the molecule is c1ccc(-c2cc(-c3ccccc3-c3cccnc3)nc(-c3cccc(-c4ccc5ccc6c(-c7cccc8ccccc78)ccc7ccc4c5c76)c3)n2)cc1. The van der Waals surface area contributed by atoms with Crippen molar-refractivity contribution in [3.63, 3.8) is 0 Å². The Balaban J connectivity index is 1.08. The van der Waals surface area contributed by atoms with Gasteiger partial charge in [0.25, 0.3) is 0 Å². The minimum Gasteiger partial charge on any atom is -0.264 e. The first-order valence-electron chi connectivity index (χ1n) is 19.0. The molecule has 3 heteroatoms. The van der Waals surface area contributed by atoms with E-state index in [-0.39, 0.29) is 0 Å². The predicted octanol–water partition coefficient (Wildman–Crippen LogP) is 13.9. The van der Waals surface area contributed by atoms with Crippen LogP contribution in [0.4, 0.5) is 0 Å². The average molecular weight is 712 g/mol. The van der Waals surface area contributed by atoms with Crippen LogP contribution in [0, 0.1) is 0 Å². The zero-order valence-corrected chi connectivity index (χ0v) is 30.4. The molecule has 0 radical (unpaired) electrons. The summed E-state index contributed by atoms with van der Waals surface area (Å²) in [7, 11) is 0. The van der Waals surface area contributed by atoms with Crippen LogP contribution in [0.1, 0.15) is 0 Å². The molecule has 0 saturated heterocycles. The molecule has 3 nitrogen and oxygen atoms in total. The van der Waals surface area contributed by atoms with Gasteiger partial charge in [-0.1, -0.05) is 170 Å². The van der Waals surface area contributed by atoms with E-state index < -0.39 is 0 Å². The van der Waals surface area contributed by atoms with Crippen LogP contribution in [0.15, 0.2) is 200 Å². The molecule has 0 N–H and O–H groups in total. The summed E-state index contributed by atoms with van der Waals surface area (Å²) in [6.45, 7) is 0. The second-order valence-corrected chi connectivity index (χ2v) is 14.4. The van der Waals surface area contributed by atoms with E-state index >= 15 is 0 Å². The molecule has 0 bridgehead atoms. The number of nitrogens with zero attached hydrogens (tertiary/aromatic N) is 3. The first-order chi connectivity index (χ1) is 27.8.